The summed E-state index contributed by atoms with van der Waals surface area (Å²) in [6.45, 7) is 3.46. The lowest BCUT2D eigenvalue weighted by Crippen LogP contribution is -2.53. The highest BCUT2D eigenvalue weighted by Gasteiger charge is 2.56. The zero-order valence-electron chi connectivity index (χ0n) is 13.8. The van der Waals surface area contributed by atoms with E-state index in [1.165, 1.54) is 0 Å². The third-order valence-corrected chi connectivity index (χ3v) is 5.44. The second kappa shape index (κ2) is 4.68. The van der Waals surface area contributed by atoms with Crippen LogP contribution in [0.25, 0.3) is 0 Å². The first-order valence-electron chi connectivity index (χ1n) is 8.62. The van der Waals surface area contributed by atoms with Gasteiger partial charge in [-0.3, -0.25) is 0 Å². The summed E-state index contributed by atoms with van der Waals surface area (Å²) in [5, 5.41) is 0. The Morgan fingerprint density at radius 1 is 1.04 bits per heavy atom. The molecule has 5 rings (SSSR count). The SMILES string of the molecule is CC1(C)OC(=O)C2=C(O[C@H]3CCC[C@H]4Oc5ccccc5[C@@H]2[C@@H]34)O1. The average molecular weight is 328 g/mol. The van der Waals surface area contributed by atoms with Gasteiger partial charge in [-0.2, -0.15) is 0 Å². The fourth-order valence-corrected chi connectivity index (χ4v) is 4.55. The van der Waals surface area contributed by atoms with Crippen molar-refractivity contribution < 1.29 is 23.7 Å². The molecule has 1 aromatic rings. The van der Waals surface area contributed by atoms with Crippen LogP contribution in [-0.2, 0) is 19.0 Å². The summed E-state index contributed by atoms with van der Waals surface area (Å²) in [5.41, 5.74) is 1.54. The molecule has 1 saturated carbocycles. The Labute approximate surface area is 140 Å². The van der Waals surface area contributed by atoms with Gasteiger partial charge in [0.1, 0.15) is 23.5 Å². The van der Waals surface area contributed by atoms with Crippen molar-refractivity contribution in [2.45, 2.75) is 57.0 Å². The summed E-state index contributed by atoms with van der Waals surface area (Å²) in [7, 11) is 0. The lowest BCUT2D eigenvalue weighted by Gasteiger charge is -2.50. The maximum absolute atomic E-state index is 12.7. The van der Waals surface area contributed by atoms with Crippen LogP contribution in [-0.4, -0.2) is 24.0 Å². The minimum absolute atomic E-state index is 0.0163. The zero-order chi connectivity index (χ0) is 16.5. The number of ether oxygens (including phenoxy) is 4. The summed E-state index contributed by atoms with van der Waals surface area (Å²) in [5.74, 6) is -0.0923. The van der Waals surface area contributed by atoms with Crippen LogP contribution in [0.3, 0.4) is 0 Å². The first-order chi connectivity index (χ1) is 11.5. The summed E-state index contributed by atoms with van der Waals surface area (Å²) in [6, 6.07) is 7.95. The van der Waals surface area contributed by atoms with Crippen LogP contribution in [0.5, 0.6) is 5.75 Å². The predicted octanol–water partition coefficient (Wildman–Crippen LogP) is 3.25. The molecule has 5 heteroatoms. The van der Waals surface area contributed by atoms with Gasteiger partial charge in [0.05, 0.1) is 0 Å². The second-order valence-electron chi connectivity index (χ2n) is 7.43. The number of rotatable bonds is 0. The lowest BCUT2D eigenvalue weighted by atomic mass is 9.67. The van der Waals surface area contributed by atoms with Crippen LogP contribution >= 0.6 is 0 Å². The molecule has 0 radical (unpaired) electrons. The zero-order valence-corrected chi connectivity index (χ0v) is 13.8. The predicted molar refractivity (Wildman–Crippen MR) is 84.1 cm³/mol. The number of carbonyl (C=O) groups is 1. The number of esters is 1. The van der Waals surface area contributed by atoms with E-state index >= 15 is 0 Å². The standard InChI is InChI=1S/C19H20O5/c1-19(2)23-17(20)16-14-10-6-3-4-7-11(10)21-12-8-5-9-13(15(12)14)22-18(16)24-19/h3-4,6-7,12-15H,5,8-9H2,1-2H3/t12-,13+,14-,15-/m1/s1. The van der Waals surface area contributed by atoms with Crippen LogP contribution in [0.2, 0.25) is 0 Å². The highest BCUT2D eigenvalue weighted by atomic mass is 16.8. The van der Waals surface area contributed by atoms with Crippen LogP contribution in [0.1, 0.15) is 44.6 Å². The van der Waals surface area contributed by atoms with Gasteiger partial charge in [0.2, 0.25) is 0 Å². The van der Waals surface area contributed by atoms with Crippen molar-refractivity contribution in [2.75, 3.05) is 0 Å². The molecule has 1 aromatic carbocycles. The lowest BCUT2D eigenvalue weighted by molar-refractivity contribution is -0.243. The molecule has 0 aromatic heterocycles. The molecule has 4 aliphatic rings. The first kappa shape index (κ1) is 14.2. The highest BCUT2D eigenvalue weighted by molar-refractivity contribution is 5.92. The normalized spacial score (nSPS) is 35.3. The molecular weight excluding hydrogens is 308 g/mol. The van der Waals surface area contributed by atoms with E-state index in [1.54, 1.807) is 13.8 Å². The summed E-state index contributed by atoms with van der Waals surface area (Å²) in [6.07, 6.45) is 3.08. The molecule has 5 nitrogen and oxygen atoms in total. The van der Waals surface area contributed by atoms with Gasteiger partial charge in [-0.15, -0.1) is 0 Å². The molecule has 0 bridgehead atoms. The summed E-state index contributed by atoms with van der Waals surface area (Å²) >= 11 is 0. The first-order valence-corrected chi connectivity index (χ1v) is 8.62. The van der Waals surface area contributed by atoms with Gasteiger partial charge >= 0.3 is 5.97 Å². The summed E-state index contributed by atoms with van der Waals surface area (Å²) < 4.78 is 23.7. The van der Waals surface area contributed by atoms with Gasteiger partial charge in [0.25, 0.3) is 11.7 Å². The molecule has 3 heterocycles. The van der Waals surface area contributed by atoms with E-state index in [0.717, 1.165) is 30.6 Å². The number of hydrogen-bond donors (Lipinski definition) is 0. The highest BCUT2D eigenvalue weighted by Crippen LogP contribution is 2.54. The van der Waals surface area contributed by atoms with Gasteiger partial charge < -0.3 is 18.9 Å². The van der Waals surface area contributed by atoms with E-state index in [0.29, 0.717) is 11.5 Å². The van der Waals surface area contributed by atoms with E-state index in [9.17, 15) is 4.79 Å². The van der Waals surface area contributed by atoms with E-state index in [1.807, 2.05) is 24.3 Å². The number of para-hydroxylation sites is 1. The van der Waals surface area contributed by atoms with Crippen molar-refractivity contribution in [3.63, 3.8) is 0 Å². The number of benzene rings is 1. The molecule has 0 unspecified atom stereocenters. The van der Waals surface area contributed by atoms with Gasteiger partial charge in [-0.05, 0) is 25.3 Å². The third-order valence-electron chi connectivity index (χ3n) is 5.44. The molecule has 1 aliphatic carbocycles. The van der Waals surface area contributed by atoms with Crippen molar-refractivity contribution in [3.8, 4) is 5.75 Å². The molecule has 3 aliphatic heterocycles. The van der Waals surface area contributed by atoms with Crippen LogP contribution < -0.4 is 4.74 Å². The Morgan fingerprint density at radius 3 is 2.62 bits per heavy atom. The number of carbonyl (C=O) groups excluding carboxylic acids is 1. The Balaban J connectivity index is 1.71. The van der Waals surface area contributed by atoms with Gasteiger partial charge in [-0.1, -0.05) is 18.2 Å². The van der Waals surface area contributed by atoms with Gasteiger partial charge in [0.15, 0.2) is 0 Å². The third kappa shape index (κ3) is 1.90. The second-order valence-corrected chi connectivity index (χ2v) is 7.43. The van der Waals surface area contributed by atoms with Crippen molar-refractivity contribution >= 4 is 5.97 Å². The van der Waals surface area contributed by atoms with Crippen LogP contribution in [0.4, 0.5) is 0 Å². The Hall–Kier alpha value is -2.17. The number of fused-ring (bicyclic) bond motifs is 3. The van der Waals surface area contributed by atoms with Crippen molar-refractivity contribution in [1.29, 1.82) is 0 Å². The molecule has 4 atom stereocenters. The molecular formula is C19H20O5. The topological polar surface area (TPSA) is 54.0 Å². The van der Waals surface area contributed by atoms with Crippen molar-refractivity contribution in [2.24, 2.45) is 5.92 Å². The molecule has 1 fully saturated rings. The Bertz CT molecular complexity index is 750. The smallest absolute Gasteiger partial charge is 0.345 e. The Morgan fingerprint density at radius 2 is 1.79 bits per heavy atom. The van der Waals surface area contributed by atoms with Crippen molar-refractivity contribution in [3.05, 3.63) is 41.3 Å². The quantitative estimate of drug-likeness (QED) is 0.684. The van der Waals surface area contributed by atoms with Crippen molar-refractivity contribution in [1.82, 2.24) is 0 Å². The minimum atomic E-state index is -0.999. The van der Waals surface area contributed by atoms with E-state index in [2.05, 4.69) is 0 Å². The number of hydrogen-bond acceptors (Lipinski definition) is 5. The maximum Gasteiger partial charge on any atom is 0.345 e. The molecule has 0 spiro atoms. The number of cyclic esters (lactones) is 1. The van der Waals surface area contributed by atoms with E-state index < -0.39 is 5.79 Å². The van der Waals surface area contributed by atoms with Gasteiger partial charge in [0, 0.05) is 31.2 Å². The fourth-order valence-electron chi connectivity index (χ4n) is 4.55. The molecule has 126 valence electrons. The Kier molecular flexibility index (Phi) is 2.77. The molecule has 0 N–H and O–H groups in total. The molecule has 0 saturated heterocycles. The fraction of sp³-hybridized carbons (Fsp3) is 0.526. The van der Waals surface area contributed by atoms with Gasteiger partial charge in [-0.25, -0.2) is 4.79 Å². The largest absolute Gasteiger partial charge is 0.490 e. The van der Waals surface area contributed by atoms with Crippen LogP contribution in [0, 0.1) is 5.92 Å². The minimum Gasteiger partial charge on any atom is -0.490 e. The molecule has 0 amide bonds. The van der Waals surface area contributed by atoms with Crippen LogP contribution in [0.15, 0.2) is 35.8 Å². The van der Waals surface area contributed by atoms with E-state index in [-0.39, 0.29) is 30.0 Å². The average Bonchev–Trinajstić information content (AvgIpc) is 2.53. The monoisotopic (exact) mass is 328 g/mol. The van der Waals surface area contributed by atoms with E-state index in [4.69, 9.17) is 18.9 Å². The summed E-state index contributed by atoms with van der Waals surface area (Å²) in [4.78, 5) is 12.7. The molecule has 24 heavy (non-hydrogen) atoms. The maximum atomic E-state index is 12.7.